The highest BCUT2D eigenvalue weighted by molar-refractivity contribution is 5.88. The third-order valence-corrected chi connectivity index (χ3v) is 5.90. The van der Waals surface area contributed by atoms with Gasteiger partial charge in [-0.15, -0.1) is 0 Å². The first-order chi connectivity index (χ1) is 18.4. The van der Waals surface area contributed by atoms with Crippen molar-refractivity contribution >= 4 is 35.6 Å². The summed E-state index contributed by atoms with van der Waals surface area (Å²) < 4.78 is 24.8. The van der Waals surface area contributed by atoms with Crippen molar-refractivity contribution in [3.05, 3.63) is 59.8 Å². The molecule has 1 aliphatic heterocycles. The number of ether oxygens (including phenoxy) is 2. The van der Waals surface area contributed by atoms with Crippen LogP contribution in [-0.4, -0.2) is 75.5 Å². The summed E-state index contributed by atoms with van der Waals surface area (Å²) in [6.07, 6.45) is 6.17. The van der Waals surface area contributed by atoms with Crippen LogP contribution < -0.4 is 20.5 Å². The highest BCUT2D eigenvalue weighted by Crippen LogP contribution is 2.24. The predicted molar refractivity (Wildman–Crippen MR) is 153 cm³/mol. The van der Waals surface area contributed by atoms with Crippen LogP contribution in [0.4, 0.5) is 27.5 Å². The number of rotatable bonds is 13. The van der Waals surface area contributed by atoms with Crippen molar-refractivity contribution in [3.8, 4) is 0 Å². The number of anilines is 4. The standard InChI is InChI=1S/C27H37FN8O2/c1-6-22(32-25-9-8-23(16-20(25)3)36-11-14-38-15-12-36)18-29-21(4)17-31-34-27-30-19-24(28)26(33-27)35(7-2)10-13-37-5/h6,8-9,16-19,32H,4,7,10-15H2,1-3,5H3,(H,30,33,34)/b22-6+,29-18-,31-17+. The van der Waals surface area contributed by atoms with Gasteiger partial charge >= 0.3 is 0 Å². The van der Waals surface area contributed by atoms with E-state index in [2.05, 4.69) is 67.4 Å². The molecule has 2 aromatic rings. The summed E-state index contributed by atoms with van der Waals surface area (Å²) in [7, 11) is 1.60. The van der Waals surface area contributed by atoms with Gasteiger partial charge in [-0.2, -0.15) is 10.1 Å². The molecular formula is C27H37FN8O2. The summed E-state index contributed by atoms with van der Waals surface area (Å²) in [6, 6.07) is 6.36. The Hall–Kier alpha value is -3.83. The number of benzene rings is 1. The number of nitrogens with one attached hydrogen (secondary N) is 2. The average Bonchev–Trinajstić information content (AvgIpc) is 2.94. The molecule has 0 atom stereocenters. The molecular weight excluding hydrogens is 487 g/mol. The second kappa shape index (κ2) is 14.8. The van der Waals surface area contributed by atoms with E-state index in [9.17, 15) is 4.39 Å². The van der Waals surface area contributed by atoms with Crippen LogP contribution in [0.25, 0.3) is 0 Å². The Morgan fingerprint density at radius 1 is 1.32 bits per heavy atom. The topological polar surface area (TPSA) is 99.5 Å². The van der Waals surface area contributed by atoms with E-state index < -0.39 is 5.82 Å². The molecule has 204 valence electrons. The van der Waals surface area contributed by atoms with Crippen molar-refractivity contribution in [2.24, 2.45) is 10.1 Å². The Bertz CT molecular complexity index is 1160. The second-order valence-corrected chi connectivity index (χ2v) is 8.52. The van der Waals surface area contributed by atoms with E-state index in [-0.39, 0.29) is 11.8 Å². The SMILES string of the molecule is C=C(/C=N/Nc1ncc(F)c(N(CC)CCOC)n1)/N=C\C(=C/C)Nc1ccc(N2CCOCC2)cc1C. The first-order valence-electron chi connectivity index (χ1n) is 12.6. The van der Waals surface area contributed by atoms with Crippen molar-refractivity contribution < 1.29 is 13.9 Å². The van der Waals surface area contributed by atoms with Gasteiger partial charge in [-0.1, -0.05) is 12.7 Å². The molecule has 0 radical (unpaired) electrons. The number of hydrazone groups is 1. The highest BCUT2D eigenvalue weighted by Gasteiger charge is 2.14. The van der Waals surface area contributed by atoms with Crippen molar-refractivity contribution in [2.45, 2.75) is 20.8 Å². The number of morpholine rings is 1. The van der Waals surface area contributed by atoms with Crippen LogP contribution in [0.1, 0.15) is 19.4 Å². The minimum atomic E-state index is -0.510. The summed E-state index contributed by atoms with van der Waals surface area (Å²) in [5.41, 5.74) is 7.26. The highest BCUT2D eigenvalue weighted by atomic mass is 19.1. The molecule has 0 bridgehead atoms. The maximum Gasteiger partial charge on any atom is 0.245 e. The molecule has 3 rings (SSSR count). The normalized spacial score (nSPS) is 14.3. The van der Waals surface area contributed by atoms with Gasteiger partial charge in [-0.25, -0.2) is 14.8 Å². The zero-order valence-electron chi connectivity index (χ0n) is 22.6. The van der Waals surface area contributed by atoms with Crippen LogP contribution in [-0.2, 0) is 9.47 Å². The van der Waals surface area contributed by atoms with Crippen LogP contribution in [0.2, 0.25) is 0 Å². The van der Waals surface area contributed by atoms with Crippen molar-refractivity contribution in [1.29, 1.82) is 0 Å². The van der Waals surface area contributed by atoms with Crippen LogP contribution in [0, 0.1) is 12.7 Å². The van der Waals surface area contributed by atoms with Gasteiger partial charge in [-0.05, 0) is 44.5 Å². The lowest BCUT2D eigenvalue weighted by Crippen LogP contribution is -2.36. The van der Waals surface area contributed by atoms with Gasteiger partial charge in [-0.3, -0.25) is 4.99 Å². The monoisotopic (exact) mass is 524 g/mol. The van der Waals surface area contributed by atoms with E-state index in [0.717, 1.165) is 49.4 Å². The molecule has 0 amide bonds. The Morgan fingerprint density at radius 2 is 2.11 bits per heavy atom. The fourth-order valence-corrected chi connectivity index (χ4v) is 3.74. The van der Waals surface area contributed by atoms with E-state index in [1.54, 1.807) is 18.2 Å². The third-order valence-electron chi connectivity index (χ3n) is 5.90. The number of allylic oxidation sites excluding steroid dienone is 3. The number of aliphatic imine (C=N–C) groups is 1. The zero-order valence-corrected chi connectivity index (χ0v) is 22.6. The van der Waals surface area contributed by atoms with E-state index in [1.165, 1.54) is 11.9 Å². The maximum absolute atomic E-state index is 14.3. The molecule has 1 saturated heterocycles. The first-order valence-corrected chi connectivity index (χ1v) is 12.6. The molecule has 1 aromatic carbocycles. The molecule has 2 heterocycles. The number of nitrogens with zero attached hydrogens (tertiary/aromatic N) is 6. The largest absolute Gasteiger partial charge is 0.383 e. The van der Waals surface area contributed by atoms with Gasteiger partial charge < -0.3 is 24.6 Å². The predicted octanol–water partition coefficient (Wildman–Crippen LogP) is 4.23. The lowest BCUT2D eigenvalue weighted by atomic mass is 10.1. The summed E-state index contributed by atoms with van der Waals surface area (Å²) in [5.74, 6) is -0.160. The Balaban J connectivity index is 1.56. The Kier molecular flexibility index (Phi) is 11.2. The number of aryl methyl sites for hydroxylation is 1. The zero-order chi connectivity index (χ0) is 27.3. The van der Waals surface area contributed by atoms with Crippen LogP contribution >= 0.6 is 0 Å². The van der Waals surface area contributed by atoms with E-state index >= 15 is 0 Å². The first kappa shape index (κ1) is 28.7. The molecule has 2 N–H and O–H groups in total. The molecule has 38 heavy (non-hydrogen) atoms. The Morgan fingerprint density at radius 3 is 2.79 bits per heavy atom. The molecule has 0 saturated carbocycles. The van der Waals surface area contributed by atoms with Gasteiger partial charge in [0.2, 0.25) is 5.95 Å². The van der Waals surface area contributed by atoms with E-state index in [0.29, 0.717) is 25.4 Å². The number of halogens is 1. The molecule has 1 aromatic heterocycles. The lowest BCUT2D eigenvalue weighted by molar-refractivity contribution is 0.122. The smallest absolute Gasteiger partial charge is 0.245 e. The minimum Gasteiger partial charge on any atom is -0.383 e. The van der Waals surface area contributed by atoms with Crippen LogP contribution in [0.15, 0.2) is 58.5 Å². The molecule has 1 aliphatic rings. The van der Waals surface area contributed by atoms with Gasteiger partial charge in [0.05, 0.1) is 49.8 Å². The van der Waals surface area contributed by atoms with Crippen molar-refractivity contribution in [3.63, 3.8) is 0 Å². The third kappa shape index (κ3) is 8.35. The summed E-state index contributed by atoms with van der Waals surface area (Å²) in [4.78, 5) is 16.6. The summed E-state index contributed by atoms with van der Waals surface area (Å²) in [5, 5.41) is 7.49. The number of aromatic nitrogens is 2. The quantitative estimate of drug-likeness (QED) is 0.297. The number of likely N-dealkylation sites (N-methyl/N-ethyl adjacent to an activating group) is 1. The van der Waals surface area contributed by atoms with Crippen molar-refractivity contribution in [1.82, 2.24) is 9.97 Å². The minimum absolute atomic E-state index is 0.164. The summed E-state index contributed by atoms with van der Waals surface area (Å²) in [6.45, 7) is 14.7. The fourth-order valence-electron chi connectivity index (χ4n) is 3.74. The average molecular weight is 525 g/mol. The molecule has 1 fully saturated rings. The number of methoxy groups -OCH3 is 1. The van der Waals surface area contributed by atoms with E-state index in [4.69, 9.17) is 9.47 Å². The fraction of sp³-hybridized carbons (Fsp3) is 0.407. The molecule has 0 unspecified atom stereocenters. The second-order valence-electron chi connectivity index (χ2n) is 8.52. The van der Waals surface area contributed by atoms with E-state index in [1.807, 2.05) is 19.9 Å². The van der Waals surface area contributed by atoms with Crippen LogP contribution in [0.5, 0.6) is 0 Å². The molecule has 11 heteroatoms. The lowest BCUT2D eigenvalue weighted by Gasteiger charge is -2.29. The number of hydrogen-bond acceptors (Lipinski definition) is 10. The molecule has 0 aliphatic carbocycles. The number of hydrogen-bond donors (Lipinski definition) is 2. The molecule has 0 spiro atoms. The van der Waals surface area contributed by atoms with Crippen LogP contribution in [0.3, 0.4) is 0 Å². The van der Waals surface area contributed by atoms with Gasteiger partial charge in [0.1, 0.15) is 0 Å². The van der Waals surface area contributed by atoms with Gasteiger partial charge in [0.15, 0.2) is 11.6 Å². The maximum atomic E-state index is 14.3. The molecule has 10 nitrogen and oxygen atoms in total. The van der Waals surface area contributed by atoms with Gasteiger partial charge in [0.25, 0.3) is 0 Å². The Labute approximate surface area is 224 Å². The van der Waals surface area contributed by atoms with Crippen molar-refractivity contribution in [2.75, 3.05) is 73.7 Å². The summed E-state index contributed by atoms with van der Waals surface area (Å²) >= 11 is 0. The van der Waals surface area contributed by atoms with Gasteiger partial charge in [0, 0.05) is 44.7 Å².